The number of benzene rings is 1. The highest BCUT2D eigenvalue weighted by Gasteiger charge is 2.21. The molecule has 1 aliphatic heterocycles. The highest BCUT2D eigenvalue weighted by molar-refractivity contribution is 5.92. The Bertz CT molecular complexity index is 718. The zero-order valence-electron chi connectivity index (χ0n) is 14.4. The Kier molecular flexibility index (Phi) is 4.76. The third kappa shape index (κ3) is 3.54. The van der Waals surface area contributed by atoms with E-state index in [9.17, 15) is 4.79 Å². The number of likely N-dealkylation sites (N-methyl/N-ethyl adjacent to an activating group) is 1. The third-order valence-corrected chi connectivity index (χ3v) is 4.38. The zero-order chi connectivity index (χ0) is 17.1. The first-order valence-electron chi connectivity index (χ1n) is 8.18. The number of aryl methyl sites for hydroxylation is 2. The number of rotatable bonds is 3. The molecule has 0 saturated carbocycles. The van der Waals surface area contributed by atoms with E-state index in [2.05, 4.69) is 27.2 Å². The summed E-state index contributed by atoms with van der Waals surface area (Å²) in [6.45, 7) is 7.33. The Morgan fingerprint density at radius 1 is 1.08 bits per heavy atom. The lowest BCUT2D eigenvalue weighted by molar-refractivity contribution is 0.0658. The van der Waals surface area contributed by atoms with Gasteiger partial charge in [-0.3, -0.25) is 4.79 Å². The summed E-state index contributed by atoms with van der Waals surface area (Å²) in [5.74, 6) is 0.419. The van der Waals surface area contributed by atoms with E-state index in [1.807, 2.05) is 36.9 Å². The monoisotopic (exact) mass is 325 g/mol. The predicted molar refractivity (Wildman–Crippen MR) is 94.6 cm³/mol. The number of para-hydroxylation sites is 1. The van der Waals surface area contributed by atoms with E-state index in [0.717, 1.165) is 43.0 Å². The van der Waals surface area contributed by atoms with Gasteiger partial charge in [0.2, 0.25) is 5.95 Å². The van der Waals surface area contributed by atoms with Crippen molar-refractivity contribution in [3.05, 3.63) is 47.3 Å². The summed E-state index contributed by atoms with van der Waals surface area (Å²) in [4.78, 5) is 25.4. The van der Waals surface area contributed by atoms with Crippen LogP contribution in [-0.4, -0.2) is 58.9 Å². The van der Waals surface area contributed by atoms with Crippen molar-refractivity contribution < 1.29 is 4.79 Å². The summed E-state index contributed by atoms with van der Waals surface area (Å²) in [5.41, 5.74) is 3.66. The number of hydrogen-bond acceptors (Lipinski definition) is 5. The van der Waals surface area contributed by atoms with Gasteiger partial charge >= 0.3 is 0 Å². The summed E-state index contributed by atoms with van der Waals surface area (Å²) in [7, 11) is 2.07. The average molecular weight is 325 g/mol. The second-order valence-electron chi connectivity index (χ2n) is 6.25. The Hall–Kier alpha value is -2.47. The zero-order valence-corrected chi connectivity index (χ0v) is 14.4. The molecule has 0 spiro atoms. The van der Waals surface area contributed by atoms with Gasteiger partial charge in [-0.2, -0.15) is 0 Å². The second kappa shape index (κ2) is 6.97. The lowest BCUT2D eigenvalue weighted by Crippen LogP contribution is -2.47. The maximum absolute atomic E-state index is 12.6. The molecule has 0 unspecified atom stereocenters. The van der Waals surface area contributed by atoms with Crippen LogP contribution in [0.5, 0.6) is 0 Å². The number of piperazine rings is 1. The minimum absolute atomic E-state index is 0.0324. The number of carbonyl (C=O) groups is 1. The Labute approximate surface area is 142 Å². The quantitative estimate of drug-likeness (QED) is 0.937. The van der Waals surface area contributed by atoms with Crippen LogP contribution in [0.1, 0.15) is 21.6 Å². The molecule has 1 aromatic carbocycles. The van der Waals surface area contributed by atoms with E-state index >= 15 is 0 Å². The molecule has 0 atom stereocenters. The highest BCUT2D eigenvalue weighted by atomic mass is 16.2. The summed E-state index contributed by atoms with van der Waals surface area (Å²) in [5, 5.41) is 3.24. The fraction of sp³-hybridized carbons (Fsp3) is 0.389. The molecule has 6 nitrogen and oxygen atoms in total. The van der Waals surface area contributed by atoms with Crippen molar-refractivity contribution >= 4 is 17.5 Å². The molecule has 1 aliphatic rings. The molecular formula is C18H23N5O. The maximum atomic E-state index is 12.6. The van der Waals surface area contributed by atoms with E-state index in [1.54, 1.807) is 12.3 Å². The molecule has 126 valence electrons. The number of hydrogen-bond donors (Lipinski definition) is 1. The van der Waals surface area contributed by atoms with Crippen molar-refractivity contribution in [3.63, 3.8) is 0 Å². The number of anilines is 2. The summed E-state index contributed by atoms with van der Waals surface area (Å²) in [6, 6.07) is 7.77. The van der Waals surface area contributed by atoms with E-state index in [4.69, 9.17) is 0 Å². The number of amides is 1. The SMILES string of the molecule is Cc1cccc(C)c1Nc1nccc(C(=O)N2CCN(C)CC2)n1. The van der Waals surface area contributed by atoms with E-state index in [0.29, 0.717) is 11.6 Å². The first-order chi connectivity index (χ1) is 11.5. The molecule has 1 amide bonds. The van der Waals surface area contributed by atoms with E-state index in [-0.39, 0.29) is 5.91 Å². The molecule has 0 aliphatic carbocycles. The van der Waals surface area contributed by atoms with Crippen LogP contribution in [0, 0.1) is 13.8 Å². The van der Waals surface area contributed by atoms with Gasteiger partial charge in [-0.25, -0.2) is 9.97 Å². The van der Waals surface area contributed by atoms with Crippen LogP contribution in [0.15, 0.2) is 30.5 Å². The van der Waals surface area contributed by atoms with Crippen molar-refractivity contribution in [1.29, 1.82) is 0 Å². The van der Waals surface area contributed by atoms with Crippen LogP contribution in [0.3, 0.4) is 0 Å². The standard InChI is InChI=1S/C18H23N5O/c1-13-5-4-6-14(2)16(13)21-18-19-8-7-15(20-18)17(24)23-11-9-22(3)10-12-23/h4-8H,9-12H2,1-3H3,(H,19,20,21). The van der Waals surface area contributed by atoms with Gasteiger partial charge in [0, 0.05) is 38.1 Å². The van der Waals surface area contributed by atoms with Gasteiger partial charge in [0.1, 0.15) is 5.69 Å². The van der Waals surface area contributed by atoms with Gasteiger partial charge < -0.3 is 15.1 Å². The minimum Gasteiger partial charge on any atom is -0.335 e. The summed E-state index contributed by atoms with van der Waals surface area (Å²) >= 11 is 0. The molecule has 2 heterocycles. The minimum atomic E-state index is -0.0324. The molecule has 6 heteroatoms. The number of nitrogens with one attached hydrogen (secondary N) is 1. The smallest absolute Gasteiger partial charge is 0.272 e. The van der Waals surface area contributed by atoms with Gasteiger partial charge in [0.25, 0.3) is 5.91 Å². The van der Waals surface area contributed by atoms with Crippen LogP contribution < -0.4 is 5.32 Å². The van der Waals surface area contributed by atoms with E-state index in [1.165, 1.54) is 0 Å². The normalized spacial score (nSPS) is 15.4. The number of nitrogens with zero attached hydrogens (tertiary/aromatic N) is 4. The first-order valence-corrected chi connectivity index (χ1v) is 8.18. The van der Waals surface area contributed by atoms with Crippen molar-refractivity contribution in [2.24, 2.45) is 0 Å². The fourth-order valence-electron chi connectivity index (χ4n) is 2.83. The Morgan fingerprint density at radius 2 is 1.75 bits per heavy atom. The lowest BCUT2D eigenvalue weighted by Gasteiger charge is -2.32. The molecule has 1 saturated heterocycles. The second-order valence-corrected chi connectivity index (χ2v) is 6.25. The highest BCUT2D eigenvalue weighted by Crippen LogP contribution is 2.22. The third-order valence-electron chi connectivity index (χ3n) is 4.38. The summed E-state index contributed by atoms with van der Waals surface area (Å²) < 4.78 is 0. The van der Waals surface area contributed by atoms with Crippen LogP contribution in [0.25, 0.3) is 0 Å². The topological polar surface area (TPSA) is 61.4 Å². The number of carbonyl (C=O) groups excluding carboxylic acids is 1. The van der Waals surface area contributed by atoms with Gasteiger partial charge in [-0.1, -0.05) is 18.2 Å². The van der Waals surface area contributed by atoms with Crippen molar-refractivity contribution in [1.82, 2.24) is 19.8 Å². The fourth-order valence-corrected chi connectivity index (χ4v) is 2.83. The summed E-state index contributed by atoms with van der Waals surface area (Å²) in [6.07, 6.45) is 1.63. The maximum Gasteiger partial charge on any atom is 0.272 e. The molecule has 1 N–H and O–H groups in total. The molecule has 2 aromatic rings. The largest absolute Gasteiger partial charge is 0.335 e. The van der Waals surface area contributed by atoms with Crippen LogP contribution >= 0.6 is 0 Å². The predicted octanol–water partition coefficient (Wildman–Crippen LogP) is 2.22. The average Bonchev–Trinajstić information content (AvgIpc) is 2.59. The number of aromatic nitrogens is 2. The first kappa shape index (κ1) is 16.4. The molecule has 0 bridgehead atoms. The molecule has 1 fully saturated rings. The van der Waals surface area contributed by atoms with Crippen LogP contribution in [0.4, 0.5) is 11.6 Å². The van der Waals surface area contributed by atoms with Crippen LogP contribution in [-0.2, 0) is 0 Å². The molecular weight excluding hydrogens is 302 g/mol. The van der Waals surface area contributed by atoms with Gasteiger partial charge in [-0.05, 0) is 38.1 Å². The van der Waals surface area contributed by atoms with Crippen molar-refractivity contribution in [2.45, 2.75) is 13.8 Å². The lowest BCUT2D eigenvalue weighted by atomic mass is 10.1. The van der Waals surface area contributed by atoms with Gasteiger partial charge in [-0.15, -0.1) is 0 Å². The Morgan fingerprint density at radius 3 is 2.42 bits per heavy atom. The Balaban J connectivity index is 1.78. The van der Waals surface area contributed by atoms with E-state index < -0.39 is 0 Å². The van der Waals surface area contributed by atoms with Gasteiger partial charge in [0.15, 0.2) is 0 Å². The molecule has 1 aromatic heterocycles. The van der Waals surface area contributed by atoms with Crippen molar-refractivity contribution in [3.8, 4) is 0 Å². The molecule has 24 heavy (non-hydrogen) atoms. The molecule has 3 rings (SSSR count). The van der Waals surface area contributed by atoms with Crippen molar-refractivity contribution in [2.75, 3.05) is 38.5 Å². The van der Waals surface area contributed by atoms with Gasteiger partial charge in [0.05, 0.1) is 0 Å². The molecule has 0 radical (unpaired) electrons. The van der Waals surface area contributed by atoms with Crippen LogP contribution in [0.2, 0.25) is 0 Å².